The van der Waals surface area contributed by atoms with E-state index in [1.165, 1.54) is 0 Å². The van der Waals surface area contributed by atoms with E-state index in [4.69, 9.17) is 17.9 Å². The van der Waals surface area contributed by atoms with E-state index in [1.807, 2.05) is 24.3 Å². The second kappa shape index (κ2) is 12.1. The Morgan fingerprint density at radius 3 is 1.80 bits per heavy atom. The van der Waals surface area contributed by atoms with Crippen molar-refractivity contribution < 1.29 is 0 Å². The number of hydrogen-bond donors (Lipinski definition) is 2. The van der Waals surface area contributed by atoms with Gasteiger partial charge in [-0.1, -0.05) is 92.7 Å². The molecule has 41 heavy (non-hydrogen) atoms. The largest absolute Gasteiger partial charge is 0.399 e. The number of terminal acetylenes is 1. The molecule has 0 amide bonds. The molecular weight excluding hydrogens is 496 g/mol. The predicted octanol–water partition coefficient (Wildman–Crippen LogP) is 8.28. The van der Waals surface area contributed by atoms with E-state index in [-0.39, 0.29) is 0 Å². The summed E-state index contributed by atoms with van der Waals surface area (Å²) in [6.07, 6.45) is 12.5. The van der Waals surface area contributed by atoms with Crippen LogP contribution in [0.15, 0.2) is 78.9 Å². The zero-order valence-electron chi connectivity index (χ0n) is 24.0. The Morgan fingerprint density at radius 2 is 1.24 bits per heavy atom. The Balaban J connectivity index is 1.88. The van der Waals surface area contributed by atoms with E-state index < -0.39 is 5.41 Å². The van der Waals surface area contributed by atoms with Crippen LogP contribution in [0.5, 0.6) is 0 Å². The average molecular weight is 533 g/mol. The number of hydrogen-bond acceptors (Lipinski definition) is 2. The van der Waals surface area contributed by atoms with Crippen LogP contribution < -0.4 is 11.5 Å². The lowest BCUT2D eigenvalue weighted by molar-refractivity contribution is 0.766. The first kappa shape index (κ1) is 27.7. The minimum Gasteiger partial charge on any atom is -0.399 e. The molecule has 4 aromatic carbocycles. The summed E-state index contributed by atoms with van der Waals surface area (Å²) in [6.45, 7) is 4.37. The second-order valence-corrected chi connectivity index (χ2v) is 10.6. The molecule has 2 nitrogen and oxygen atoms in total. The fourth-order valence-corrected chi connectivity index (χ4v) is 5.86. The van der Waals surface area contributed by atoms with Gasteiger partial charge in [0.15, 0.2) is 0 Å². The van der Waals surface area contributed by atoms with Gasteiger partial charge in [0.2, 0.25) is 0 Å². The van der Waals surface area contributed by atoms with Crippen LogP contribution >= 0.6 is 0 Å². The highest BCUT2D eigenvalue weighted by Crippen LogP contribution is 2.57. The van der Waals surface area contributed by atoms with E-state index in [2.05, 4.69) is 98.0 Å². The minimum absolute atomic E-state index is 0.698. The van der Waals surface area contributed by atoms with Crippen molar-refractivity contribution in [3.05, 3.63) is 118 Å². The first-order valence-electron chi connectivity index (χ1n) is 14.5. The fraction of sp³-hybridized carbons (Fsp3) is 0.231. The zero-order valence-corrected chi connectivity index (χ0v) is 24.0. The van der Waals surface area contributed by atoms with E-state index >= 15 is 0 Å². The Bertz CT molecular complexity index is 1680. The normalized spacial score (nSPS) is 12.2. The van der Waals surface area contributed by atoms with E-state index in [1.54, 1.807) is 0 Å². The summed E-state index contributed by atoms with van der Waals surface area (Å²) in [7, 11) is 0. The van der Waals surface area contributed by atoms with Crippen molar-refractivity contribution in [3.8, 4) is 47.2 Å². The number of rotatable bonds is 6. The highest BCUT2D eigenvalue weighted by molar-refractivity contribution is 5.90. The number of unbranched alkanes of at least 4 members (excludes halogenated alkanes) is 4. The van der Waals surface area contributed by atoms with Gasteiger partial charge < -0.3 is 11.5 Å². The summed E-state index contributed by atoms with van der Waals surface area (Å²) in [6, 6.07) is 27.1. The van der Waals surface area contributed by atoms with Gasteiger partial charge in [-0.2, -0.15) is 0 Å². The van der Waals surface area contributed by atoms with Crippen molar-refractivity contribution >= 4 is 11.4 Å². The molecule has 0 fully saturated rings. The van der Waals surface area contributed by atoms with Crippen LogP contribution in [0.2, 0.25) is 0 Å². The lowest BCUT2D eigenvalue weighted by Gasteiger charge is -2.35. The highest BCUT2D eigenvalue weighted by atomic mass is 14.6. The molecule has 0 atom stereocenters. The molecule has 4 N–H and O–H groups in total. The lowest BCUT2D eigenvalue weighted by Crippen LogP contribution is -2.30. The Morgan fingerprint density at radius 1 is 0.683 bits per heavy atom. The van der Waals surface area contributed by atoms with Crippen LogP contribution in [0, 0.1) is 36.0 Å². The molecule has 0 spiro atoms. The SMILES string of the molecule is C#Cc1c(C#CCCCC)ccc2c1C(c1ccc(N)cc1)(c1ccc(N)cc1)c1cc(C#CCCCC)ccc1-2. The van der Waals surface area contributed by atoms with Crippen LogP contribution in [0.3, 0.4) is 0 Å². The van der Waals surface area contributed by atoms with Crippen LogP contribution in [-0.2, 0) is 5.41 Å². The van der Waals surface area contributed by atoms with Crippen LogP contribution in [0.4, 0.5) is 11.4 Å². The van der Waals surface area contributed by atoms with Gasteiger partial charge in [0, 0.05) is 40.9 Å². The molecule has 0 aromatic heterocycles. The summed E-state index contributed by atoms with van der Waals surface area (Å²) < 4.78 is 0. The minimum atomic E-state index is -0.698. The summed E-state index contributed by atoms with van der Waals surface area (Å²) >= 11 is 0. The standard InChI is InChI=1S/C39H36N2/c1-4-7-9-11-13-28-15-25-35-36-26-16-29(14-12-10-8-5-2)34(6-3)38(36)39(37(35)27-28,30-17-21-32(40)22-18-30)31-19-23-33(41)24-20-31/h3,15-27H,4-5,7-10,40-41H2,1-2H3. The molecule has 2 heteroatoms. The van der Waals surface area contributed by atoms with Crippen molar-refractivity contribution in [2.45, 2.75) is 57.8 Å². The second-order valence-electron chi connectivity index (χ2n) is 10.6. The molecule has 4 aromatic rings. The first-order valence-corrected chi connectivity index (χ1v) is 14.5. The topological polar surface area (TPSA) is 52.0 Å². The molecule has 1 aliphatic rings. The van der Waals surface area contributed by atoms with Gasteiger partial charge >= 0.3 is 0 Å². The van der Waals surface area contributed by atoms with Crippen LogP contribution in [0.1, 0.15) is 91.3 Å². The Hall–Kier alpha value is -4.84. The molecule has 0 saturated carbocycles. The summed E-state index contributed by atoms with van der Waals surface area (Å²) in [5.74, 6) is 16.6. The highest BCUT2D eigenvalue weighted by Gasteiger charge is 2.48. The number of benzene rings is 4. The van der Waals surface area contributed by atoms with Gasteiger partial charge in [0.1, 0.15) is 0 Å². The quantitative estimate of drug-likeness (QED) is 0.131. The maximum atomic E-state index is 6.36. The van der Waals surface area contributed by atoms with Gasteiger partial charge in [-0.15, -0.1) is 6.42 Å². The third-order valence-electron chi connectivity index (χ3n) is 7.89. The molecule has 0 bridgehead atoms. The Labute approximate surface area is 245 Å². The monoisotopic (exact) mass is 532 g/mol. The summed E-state index contributed by atoms with van der Waals surface area (Å²) in [4.78, 5) is 0. The maximum absolute atomic E-state index is 6.36. The van der Waals surface area contributed by atoms with E-state index in [0.29, 0.717) is 11.4 Å². The van der Waals surface area contributed by atoms with Crippen LogP contribution in [0.25, 0.3) is 11.1 Å². The predicted molar refractivity (Wildman–Crippen MR) is 173 cm³/mol. The molecule has 5 rings (SSSR count). The zero-order chi connectivity index (χ0) is 28.8. The number of fused-ring (bicyclic) bond motifs is 3. The van der Waals surface area contributed by atoms with Crippen molar-refractivity contribution in [2.24, 2.45) is 0 Å². The first-order chi connectivity index (χ1) is 20.0. The van der Waals surface area contributed by atoms with Gasteiger partial charge in [0.25, 0.3) is 0 Å². The molecule has 0 heterocycles. The molecule has 0 radical (unpaired) electrons. The summed E-state index contributed by atoms with van der Waals surface area (Å²) in [5, 5.41) is 0. The van der Waals surface area contributed by atoms with Gasteiger partial charge in [0.05, 0.1) is 5.41 Å². The fourth-order valence-electron chi connectivity index (χ4n) is 5.86. The van der Waals surface area contributed by atoms with Gasteiger partial charge in [-0.3, -0.25) is 0 Å². The number of nitrogens with two attached hydrogens (primary N) is 2. The molecular formula is C39H36N2. The Kier molecular flexibility index (Phi) is 8.20. The van der Waals surface area contributed by atoms with Crippen LogP contribution in [-0.4, -0.2) is 0 Å². The smallest absolute Gasteiger partial charge is 0.0726 e. The number of anilines is 2. The van der Waals surface area contributed by atoms with Gasteiger partial charge in [-0.25, -0.2) is 0 Å². The maximum Gasteiger partial charge on any atom is 0.0726 e. The number of nitrogen functional groups attached to an aromatic ring is 2. The third-order valence-corrected chi connectivity index (χ3v) is 7.89. The van der Waals surface area contributed by atoms with Crippen molar-refractivity contribution in [1.29, 1.82) is 0 Å². The van der Waals surface area contributed by atoms with Crippen molar-refractivity contribution in [3.63, 3.8) is 0 Å². The molecule has 0 unspecified atom stereocenters. The third kappa shape index (κ3) is 5.09. The molecule has 202 valence electrons. The van der Waals surface area contributed by atoms with E-state index in [9.17, 15) is 0 Å². The van der Waals surface area contributed by atoms with Crippen molar-refractivity contribution in [1.82, 2.24) is 0 Å². The van der Waals surface area contributed by atoms with Crippen molar-refractivity contribution in [2.75, 3.05) is 11.5 Å². The molecule has 0 aliphatic heterocycles. The van der Waals surface area contributed by atoms with E-state index in [0.717, 1.165) is 88.6 Å². The molecule has 0 saturated heterocycles. The average Bonchev–Trinajstić information content (AvgIpc) is 3.28. The lowest BCUT2D eigenvalue weighted by atomic mass is 9.66. The molecule has 1 aliphatic carbocycles. The van der Waals surface area contributed by atoms with Gasteiger partial charge in [-0.05, 0) is 88.7 Å². The summed E-state index contributed by atoms with van der Waals surface area (Å²) in [5.41, 5.74) is 22.5.